The number of carbonyl (C=O) groups is 4. The molecule has 1 aromatic heterocycles. The van der Waals surface area contributed by atoms with Gasteiger partial charge in [0, 0.05) is 74.3 Å². The van der Waals surface area contributed by atoms with Crippen LogP contribution in [0.4, 0.5) is 22.9 Å². The molecule has 5 fully saturated rings. The predicted octanol–water partition coefficient (Wildman–Crippen LogP) is 6.67. The molecule has 4 amide bonds. The Morgan fingerprint density at radius 3 is 2.28 bits per heavy atom. The lowest BCUT2D eigenvalue weighted by Gasteiger charge is -2.40. The second-order valence-corrected chi connectivity index (χ2v) is 18.0. The number of piperidine rings is 4. The standard InChI is InChI=1S/C45H51ClN8O4/c1-29-25-45(28-53(29)34-5-7-38(47-2)37(46)24-34)15-21-52(22-16-45)40-9-3-32(26-48-40)31-13-17-50(18-14-31)27-30-11-19-51(20-12-30)33-4-6-35-36(23-33)44(58)54(43(35)57)39-8-10-41(55)49-42(39)56/h3-7,9,23-24,26,29-31,39H,8,10-22,25,27-28H2,1H3,(H,49,55,56)/t29-,39?/m0/s1. The van der Waals surface area contributed by atoms with Gasteiger partial charge in [-0.15, -0.1) is 0 Å². The highest BCUT2D eigenvalue weighted by Crippen LogP contribution is 2.46. The van der Waals surface area contributed by atoms with Crippen LogP contribution >= 0.6 is 11.6 Å². The second-order valence-electron chi connectivity index (χ2n) is 17.5. The van der Waals surface area contributed by atoms with Crippen LogP contribution in [-0.4, -0.2) is 103 Å². The van der Waals surface area contributed by atoms with Crippen LogP contribution in [-0.2, 0) is 9.59 Å². The summed E-state index contributed by atoms with van der Waals surface area (Å²) in [4.78, 5) is 70.0. The van der Waals surface area contributed by atoms with Gasteiger partial charge in [0.1, 0.15) is 11.9 Å². The minimum Gasteiger partial charge on any atom is -0.371 e. The molecule has 5 saturated heterocycles. The van der Waals surface area contributed by atoms with Crippen molar-refractivity contribution >= 4 is 58.1 Å². The summed E-state index contributed by atoms with van der Waals surface area (Å²) in [5.41, 5.74) is 4.85. The summed E-state index contributed by atoms with van der Waals surface area (Å²) in [6.45, 7) is 17.8. The van der Waals surface area contributed by atoms with Crippen molar-refractivity contribution in [2.45, 2.75) is 82.7 Å². The SMILES string of the molecule is [C-]#[N+]c1ccc(N2CC3(CCN(c4ccc(C5CCN(CC6CCN(c7ccc8c(c7)C(=O)N(C7CCC(=O)NC7=O)C8=O)CC6)CC5)cn4)CC3)C[C@@H]2C)cc1Cl. The summed E-state index contributed by atoms with van der Waals surface area (Å²) < 4.78 is 0. The molecule has 1 spiro atoms. The Bertz CT molecular complexity index is 2150. The van der Waals surface area contributed by atoms with Crippen LogP contribution in [0.2, 0.25) is 5.02 Å². The Morgan fingerprint density at radius 1 is 0.845 bits per heavy atom. The van der Waals surface area contributed by atoms with Gasteiger partial charge in [-0.25, -0.2) is 9.83 Å². The van der Waals surface area contributed by atoms with Crippen molar-refractivity contribution in [3.05, 3.63) is 87.9 Å². The van der Waals surface area contributed by atoms with Crippen molar-refractivity contribution in [2.24, 2.45) is 11.3 Å². The molecule has 9 rings (SSSR count). The van der Waals surface area contributed by atoms with Gasteiger partial charge >= 0.3 is 0 Å². The topological polar surface area (TPSA) is 114 Å². The molecular formula is C45H51ClN8O4. The fourth-order valence-corrected chi connectivity index (χ4v) is 10.9. The predicted molar refractivity (Wildman–Crippen MR) is 224 cm³/mol. The monoisotopic (exact) mass is 802 g/mol. The Hall–Kier alpha value is -4.99. The maximum Gasteiger partial charge on any atom is 0.262 e. The first-order valence-electron chi connectivity index (χ1n) is 21.1. The molecule has 0 aliphatic carbocycles. The van der Waals surface area contributed by atoms with E-state index in [-0.39, 0.29) is 18.7 Å². The molecule has 3 aromatic rings. The highest BCUT2D eigenvalue weighted by molar-refractivity contribution is 6.33. The summed E-state index contributed by atoms with van der Waals surface area (Å²) in [7, 11) is 0. The highest BCUT2D eigenvalue weighted by Gasteiger charge is 2.46. The van der Waals surface area contributed by atoms with Crippen LogP contribution in [0.5, 0.6) is 0 Å². The van der Waals surface area contributed by atoms with E-state index in [2.05, 4.69) is 55.0 Å². The number of pyridine rings is 1. The number of hydrogen-bond acceptors (Lipinski definition) is 9. The number of halogens is 1. The first-order valence-corrected chi connectivity index (χ1v) is 21.4. The average Bonchev–Trinajstić information content (AvgIpc) is 3.69. The van der Waals surface area contributed by atoms with Crippen molar-refractivity contribution in [1.82, 2.24) is 20.1 Å². The van der Waals surface area contributed by atoms with Gasteiger partial charge in [0.15, 0.2) is 0 Å². The summed E-state index contributed by atoms with van der Waals surface area (Å²) in [6.07, 6.45) is 10.3. The summed E-state index contributed by atoms with van der Waals surface area (Å²) in [5, 5.41) is 2.79. The maximum atomic E-state index is 13.3. The summed E-state index contributed by atoms with van der Waals surface area (Å²) >= 11 is 6.40. The number of benzene rings is 2. The van der Waals surface area contributed by atoms with Crippen molar-refractivity contribution in [2.75, 3.05) is 67.1 Å². The molecular weight excluding hydrogens is 752 g/mol. The minimum atomic E-state index is -0.954. The molecule has 12 nitrogen and oxygen atoms in total. The number of carbonyl (C=O) groups excluding carboxylic acids is 4. The zero-order chi connectivity index (χ0) is 40.1. The Labute approximate surface area is 345 Å². The average molecular weight is 803 g/mol. The van der Waals surface area contributed by atoms with Crippen molar-refractivity contribution in [1.29, 1.82) is 0 Å². The number of rotatable bonds is 7. The van der Waals surface area contributed by atoms with Crippen molar-refractivity contribution < 1.29 is 19.2 Å². The van der Waals surface area contributed by atoms with E-state index in [1.54, 1.807) is 12.1 Å². The smallest absolute Gasteiger partial charge is 0.262 e. The number of fused-ring (bicyclic) bond motifs is 1. The van der Waals surface area contributed by atoms with Gasteiger partial charge in [-0.05, 0) is 131 Å². The fourth-order valence-electron chi connectivity index (χ4n) is 10.7. The summed E-state index contributed by atoms with van der Waals surface area (Å²) in [5.74, 6) is 0.337. The molecule has 6 aliphatic rings. The number of likely N-dealkylation sites (tertiary alicyclic amines) is 1. The molecule has 58 heavy (non-hydrogen) atoms. The van der Waals surface area contributed by atoms with E-state index in [1.807, 2.05) is 24.3 Å². The lowest BCUT2D eigenvalue weighted by molar-refractivity contribution is -0.136. The zero-order valence-electron chi connectivity index (χ0n) is 33.2. The molecule has 302 valence electrons. The number of amides is 4. The molecule has 0 saturated carbocycles. The molecule has 0 radical (unpaired) electrons. The van der Waals surface area contributed by atoms with Gasteiger partial charge in [-0.2, -0.15) is 0 Å². The Morgan fingerprint density at radius 2 is 1.59 bits per heavy atom. The third kappa shape index (κ3) is 7.32. The van der Waals surface area contributed by atoms with Gasteiger partial charge < -0.3 is 19.6 Å². The lowest BCUT2D eigenvalue weighted by Crippen LogP contribution is -2.54. The number of imide groups is 2. The molecule has 2 aromatic carbocycles. The van der Waals surface area contributed by atoms with Crippen LogP contribution in [0.1, 0.15) is 96.9 Å². The van der Waals surface area contributed by atoms with Crippen LogP contribution in [0.25, 0.3) is 4.85 Å². The normalized spacial score (nSPS) is 24.4. The number of nitrogens with one attached hydrogen (secondary N) is 1. The van der Waals surface area contributed by atoms with Gasteiger partial charge in [-0.1, -0.05) is 23.7 Å². The maximum absolute atomic E-state index is 13.3. The number of hydrogen-bond donors (Lipinski definition) is 1. The number of anilines is 3. The molecule has 0 bridgehead atoms. The van der Waals surface area contributed by atoms with Gasteiger partial charge in [0.2, 0.25) is 17.5 Å². The second kappa shape index (κ2) is 15.6. The largest absolute Gasteiger partial charge is 0.371 e. The highest BCUT2D eigenvalue weighted by atomic mass is 35.5. The van der Waals surface area contributed by atoms with E-state index >= 15 is 0 Å². The van der Waals surface area contributed by atoms with Crippen LogP contribution < -0.4 is 20.0 Å². The van der Waals surface area contributed by atoms with Crippen LogP contribution in [0.15, 0.2) is 54.7 Å². The minimum absolute atomic E-state index is 0.107. The third-order valence-electron chi connectivity index (χ3n) is 14.0. The van der Waals surface area contributed by atoms with E-state index in [1.165, 1.54) is 12.0 Å². The van der Waals surface area contributed by atoms with E-state index in [0.717, 1.165) is 113 Å². The number of nitrogens with zero attached hydrogens (tertiary/aromatic N) is 7. The first-order chi connectivity index (χ1) is 28.1. The zero-order valence-corrected chi connectivity index (χ0v) is 33.9. The first kappa shape index (κ1) is 38.5. The Kier molecular flexibility index (Phi) is 10.4. The summed E-state index contributed by atoms with van der Waals surface area (Å²) in [6, 6.07) is 15.3. The Balaban J connectivity index is 0.721. The van der Waals surface area contributed by atoms with Gasteiger partial charge in [-0.3, -0.25) is 29.4 Å². The fraction of sp³-hybridized carbons (Fsp3) is 0.511. The molecule has 1 N–H and O–H groups in total. The van der Waals surface area contributed by atoms with E-state index < -0.39 is 23.8 Å². The van der Waals surface area contributed by atoms with Gasteiger partial charge in [0.05, 0.1) is 17.7 Å². The molecule has 13 heteroatoms. The number of aromatic nitrogens is 1. The third-order valence-corrected chi connectivity index (χ3v) is 14.3. The molecule has 2 atom stereocenters. The van der Waals surface area contributed by atoms with Crippen molar-refractivity contribution in [3.8, 4) is 0 Å². The lowest BCUT2D eigenvalue weighted by atomic mass is 9.77. The van der Waals surface area contributed by atoms with Crippen molar-refractivity contribution in [3.63, 3.8) is 0 Å². The molecule has 6 aliphatic heterocycles. The van der Waals surface area contributed by atoms with Gasteiger partial charge in [0.25, 0.3) is 11.8 Å². The van der Waals surface area contributed by atoms with E-state index in [9.17, 15) is 19.2 Å². The van der Waals surface area contributed by atoms with E-state index in [0.29, 0.717) is 45.1 Å². The molecule has 7 heterocycles. The molecule has 1 unspecified atom stereocenters. The van der Waals surface area contributed by atoms with Crippen LogP contribution in [0.3, 0.4) is 0 Å². The van der Waals surface area contributed by atoms with E-state index in [4.69, 9.17) is 23.2 Å². The van der Waals surface area contributed by atoms with Crippen LogP contribution in [0, 0.1) is 17.9 Å². The quantitative estimate of drug-likeness (QED) is 0.207.